The SMILES string of the molecule is COC(C)(C)CCOC1(C)CNC1. The molecule has 0 amide bonds. The second-order valence-corrected chi connectivity index (χ2v) is 4.62. The van der Waals surface area contributed by atoms with Gasteiger partial charge in [-0.1, -0.05) is 0 Å². The van der Waals surface area contributed by atoms with Gasteiger partial charge in [0.2, 0.25) is 0 Å². The molecule has 1 fully saturated rings. The second-order valence-electron chi connectivity index (χ2n) is 4.62. The number of hydrogen-bond donors (Lipinski definition) is 1. The minimum absolute atomic E-state index is 0.0620. The van der Waals surface area contributed by atoms with Gasteiger partial charge >= 0.3 is 0 Å². The summed E-state index contributed by atoms with van der Waals surface area (Å²) in [5, 5.41) is 3.21. The zero-order chi connectivity index (χ0) is 9.95. The Balaban J connectivity index is 2.13. The van der Waals surface area contributed by atoms with Crippen LogP contribution in [0.4, 0.5) is 0 Å². The molecule has 1 saturated heterocycles. The van der Waals surface area contributed by atoms with Gasteiger partial charge in [-0.05, 0) is 27.2 Å². The predicted octanol–water partition coefficient (Wildman–Crippen LogP) is 1.18. The highest BCUT2D eigenvalue weighted by Gasteiger charge is 2.32. The van der Waals surface area contributed by atoms with Gasteiger partial charge in [-0.25, -0.2) is 0 Å². The molecule has 0 spiro atoms. The first-order valence-corrected chi connectivity index (χ1v) is 4.87. The maximum atomic E-state index is 5.76. The van der Waals surface area contributed by atoms with Crippen LogP contribution in [0.1, 0.15) is 27.2 Å². The normalized spacial score (nSPS) is 21.2. The lowest BCUT2D eigenvalue weighted by atomic mass is 9.99. The molecule has 0 atom stereocenters. The average molecular weight is 187 g/mol. The molecule has 1 aliphatic heterocycles. The van der Waals surface area contributed by atoms with Crippen LogP contribution in [0, 0.1) is 0 Å². The van der Waals surface area contributed by atoms with Crippen LogP contribution >= 0.6 is 0 Å². The third-order valence-corrected chi connectivity index (χ3v) is 2.71. The standard InChI is InChI=1S/C10H21NO2/c1-9(2,12-4)5-6-13-10(3)7-11-8-10/h11H,5-8H2,1-4H3. The zero-order valence-corrected chi connectivity index (χ0v) is 9.14. The third-order valence-electron chi connectivity index (χ3n) is 2.71. The summed E-state index contributed by atoms with van der Waals surface area (Å²) in [4.78, 5) is 0. The molecule has 0 aliphatic carbocycles. The molecule has 1 heterocycles. The lowest BCUT2D eigenvalue weighted by Crippen LogP contribution is -2.59. The van der Waals surface area contributed by atoms with Gasteiger partial charge in [0.1, 0.15) is 0 Å². The van der Waals surface area contributed by atoms with Crippen LogP contribution in [0.5, 0.6) is 0 Å². The number of rotatable bonds is 5. The highest BCUT2D eigenvalue weighted by molar-refractivity contribution is 4.90. The van der Waals surface area contributed by atoms with Crippen molar-refractivity contribution in [1.82, 2.24) is 5.32 Å². The predicted molar refractivity (Wildman–Crippen MR) is 52.9 cm³/mol. The van der Waals surface area contributed by atoms with E-state index in [0.717, 1.165) is 26.1 Å². The van der Waals surface area contributed by atoms with E-state index in [2.05, 4.69) is 26.1 Å². The van der Waals surface area contributed by atoms with E-state index in [1.165, 1.54) is 0 Å². The first-order valence-electron chi connectivity index (χ1n) is 4.87. The van der Waals surface area contributed by atoms with E-state index < -0.39 is 0 Å². The molecule has 1 rings (SSSR count). The lowest BCUT2D eigenvalue weighted by molar-refractivity contribution is -0.0894. The van der Waals surface area contributed by atoms with Gasteiger partial charge in [-0.15, -0.1) is 0 Å². The Morgan fingerprint density at radius 2 is 2.00 bits per heavy atom. The van der Waals surface area contributed by atoms with E-state index >= 15 is 0 Å². The number of nitrogens with one attached hydrogen (secondary N) is 1. The number of ether oxygens (including phenoxy) is 2. The third kappa shape index (κ3) is 3.25. The van der Waals surface area contributed by atoms with Crippen LogP contribution in [-0.2, 0) is 9.47 Å². The number of hydrogen-bond acceptors (Lipinski definition) is 3. The smallest absolute Gasteiger partial charge is 0.0901 e. The summed E-state index contributed by atoms with van der Waals surface area (Å²) in [6.45, 7) is 9.03. The molecule has 78 valence electrons. The van der Waals surface area contributed by atoms with Crippen molar-refractivity contribution in [2.45, 2.75) is 38.4 Å². The summed E-state index contributed by atoms with van der Waals surface area (Å²) >= 11 is 0. The first-order chi connectivity index (χ1) is 5.97. The van der Waals surface area contributed by atoms with Crippen LogP contribution in [0.3, 0.4) is 0 Å². The van der Waals surface area contributed by atoms with Crippen molar-refractivity contribution in [3.8, 4) is 0 Å². The van der Waals surface area contributed by atoms with Crippen LogP contribution in [0.15, 0.2) is 0 Å². The zero-order valence-electron chi connectivity index (χ0n) is 9.14. The quantitative estimate of drug-likeness (QED) is 0.701. The van der Waals surface area contributed by atoms with E-state index in [9.17, 15) is 0 Å². The first kappa shape index (κ1) is 11.0. The van der Waals surface area contributed by atoms with Crippen LogP contribution in [-0.4, -0.2) is 38.0 Å². The van der Waals surface area contributed by atoms with Crippen molar-refractivity contribution in [2.75, 3.05) is 26.8 Å². The van der Waals surface area contributed by atoms with Crippen molar-refractivity contribution < 1.29 is 9.47 Å². The fourth-order valence-corrected chi connectivity index (χ4v) is 1.22. The fourth-order valence-electron chi connectivity index (χ4n) is 1.22. The Bertz CT molecular complexity index is 153. The maximum Gasteiger partial charge on any atom is 0.0901 e. The Morgan fingerprint density at radius 3 is 2.38 bits per heavy atom. The molecule has 0 radical (unpaired) electrons. The van der Waals surface area contributed by atoms with E-state index in [-0.39, 0.29) is 11.2 Å². The van der Waals surface area contributed by atoms with Gasteiger partial charge in [0, 0.05) is 20.2 Å². The van der Waals surface area contributed by atoms with Gasteiger partial charge in [0.25, 0.3) is 0 Å². The molecular weight excluding hydrogens is 166 g/mol. The Kier molecular flexibility index (Phi) is 3.33. The molecule has 1 N–H and O–H groups in total. The van der Waals surface area contributed by atoms with Gasteiger partial charge in [0.05, 0.1) is 17.8 Å². The average Bonchev–Trinajstić information content (AvgIpc) is 2.01. The van der Waals surface area contributed by atoms with Crippen molar-refractivity contribution in [3.05, 3.63) is 0 Å². The number of methoxy groups -OCH3 is 1. The summed E-state index contributed by atoms with van der Waals surface area (Å²) in [6, 6.07) is 0. The largest absolute Gasteiger partial charge is 0.379 e. The molecule has 0 aromatic rings. The van der Waals surface area contributed by atoms with Gasteiger partial charge in [0.15, 0.2) is 0 Å². The molecule has 3 heteroatoms. The summed E-state index contributed by atoms with van der Waals surface area (Å²) in [7, 11) is 1.74. The molecular formula is C10H21NO2. The van der Waals surface area contributed by atoms with E-state index in [4.69, 9.17) is 9.47 Å². The molecule has 3 nitrogen and oxygen atoms in total. The van der Waals surface area contributed by atoms with Crippen molar-refractivity contribution in [1.29, 1.82) is 0 Å². The monoisotopic (exact) mass is 187 g/mol. The lowest BCUT2D eigenvalue weighted by Gasteiger charge is -2.39. The molecule has 0 saturated carbocycles. The summed E-state index contributed by atoms with van der Waals surface area (Å²) in [5.74, 6) is 0. The summed E-state index contributed by atoms with van der Waals surface area (Å²) in [5.41, 5.74) is 0.0113. The van der Waals surface area contributed by atoms with E-state index in [0.29, 0.717) is 0 Å². The van der Waals surface area contributed by atoms with Gasteiger partial charge in [-0.3, -0.25) is 0 Å². The Hall–Kier alpha value is -0.120. The second kappa shape index (κ2) is 3.95. The minimum atomic E-state index is -0.0620. The highest BCUT2D eigenvalue weighted by Crippen LogP contribution is 2.18. The van der Waals surface area contributed by atoms with E-state index in [1.807, 2.05) is 0 Å². The van der Waals surface area contributed by atoms with E-state index in [1.54, 1.807) is 7.11 Å². The highest BCUT2D eigenvalue weighted by atomic mass is 16.5. The summed E-state index contributed by atoms with van der Waals surface area (Å²) < 4.78 is 11.1. The fraction of sp³-hybridized carbons (Fsp3) is 1.00. The molecule has 13 heavy (non-hydrogen) atoms. The van der Waals surface area contributed by atoms with Gasteiger partial charge in [-0.2, -0.15) is 0 Å². The maximum absolute atomic E-state index is 5.76. The summed E-state index contributed by atoms with van der Waals surface area (Å²) in [6.07, 6.45) is 0.944. The van der Waals surface area contributed by atoms with Gasteiger partial charge < -0.3 is 14.8 Å². The van der Waals surface area contributed by atoms with Crippen molar-refractivity contribution in [3.63, 3.8) is 0 Å². The molecule has 0 aromatic carbocycles. The van der Waals surface area contributed by atoms with Crippen molar-refractivity contribution in [2.24, 2.45) is 0 Å². The molecule has 0 unspecified atom stereocenters. The van der Waals surface area contributed by atoms with Crippen LogP contribution in [0.2, 0.25) is 0 Å². The Morgan fingerprint density at radius 1 is 1.38 bits per heavy atom. The van der Waals surface area contributed by atoms with Crippen LogP contribution in [0.25, 0.3) is 0 Å². The Labute approximate surface area is 80.8 Å². The molecule has 0 bridgehead atoms. The molecule has 0 aromatic heterocycles. The van der Waals surface area contributed by atoms with Crippen molar-refractivity contribution >= 4 is 0 Å². The minimum Gasteiger partial charge on any atom is -0.379 e. The molecule has 1 aliphatic rings. The topological polar surface area (TPSA) is 30.5 Å². The van der Waals surface area contributed by atoms with Crippen LogP contribution < -0.4 is 5.32 Å².